The van der Waals surface area contributed by atoms with E-state index in [0.29, 0.717) is 17.7 Å². The summed E-state index contributed by atoms with van der Waals surface area (Å²) in [7, 11) is 0. The summed E-state index contributed by atoms with van der Waals surface area (Å²) in [5.41, 5.74) is 3.49. The molecule has 1 aromatic carbocycles. The standard InChI is InChI=1S/C21H24N4O2/c1-4-9-25-10-8-22-19(25)13-23-20(26)17-7-5-6-16(12-17)18-11-14(2)15(3)24-21(18)27/h5-8,10-12H,4,9,13H2,1-3H3,(H,23,26)(H,24,27). The van der Waals surface area contributed by atoms with Crippen molar-refractivity contribution in [3.05, 3.63) is 75.7 Å². The van der Waals surface area contributed by atoms with Crippen LogP contribution in [0.5, 0.6) is 0 Å². The summed E-state index contributed by atoms with van der Waals surface area (Å²) in [6, 6.07) is 8.97. The van der Waals surface area contributed by atoms with E-state index in [0.717, 1.165) is 35.6 Å². The van der Waals surface area contributed by atoms with Crippen LogP contribution in [0.1, 0.15) is 40.8 Å². The second-order valence-electron chi connectivity index (χ2n) is 6.62. The first-order valence-corrected chi connectivity index (χ1v) is 9.08. The number of nitrogens with zero attached hydrogens (tertiary/aromatic N) is 2. The highest BCUT2D eigenvalue weighted by molar-refractivity contribution is 5.95. The normalized spacial score (nSPS) is 10.8. The van der Waals surface area contributed by atoms with E-state index in [4.69, 9.17) is 0 Å². The number of nitrogens with one attached hydrogen (secondary N) is 2. The van der Waals surface area contributed by atoms with Gasteiger partial charge in [-0.05, 0) is 49.6 Å². The van der Waals surface area contributed by atoms with Crippen molar-refractivity contribution in [2.75, 3.05) is 0 Å². The highest BCUT2D eigenvalue weighted by Gasteiger charge is 2.11. The number of hydrogen-bond acceptors (Lipinski definition) is 3. The maximum absolute atomic E-state index is 12.6. The van der Waals surface area contributed by atoms with Gasteiger partial charge in [-0.25, -0.2) is 4.98 Å². The van der Waals surface area contributed by atoms with Crippen LogP contribution in [-0.2, 0) is 13.1 Å². The molecular weight excluding hydrogens is 340 g/mol. The molecule has 6 heteroatoms. The van der Waals surface area contributed by atoms with Crippen molar-refractivity contribution in [1.82, 2.24) is 19.9 Å². The minimum absolute atomic E-state index is 0.155. The summed E-state index contributed by atoms with van der Waals surface area (Å²) in [6.07, 6.45) is 4.66. The van der Waals surface area contributed by atoms with E-state index in [1.54, 1.807) is 24.4 Å². The van der Waals surface area contributed by atoms with Crippen LogP contribution in [-0.4, -0.2) is 20.4 Å². The molecule has 2 N–H and O–H groups in total. The number of benzene rings is 1. The third kappa shape index (κ3) is 4.16. The van der Waals surface area contributed by atoms with Crippen LogP contribution in [0.4, 0.5) is 0 Å². The van der Waals surface area contributed by atoms with Crippen molar-refractivity contribution in [2.45, 2.75) is 40.3 Å². The lowest BCUT2D eigenvalue weighted by Crippen LogP contribution is -2.24. The lowest BCUT2D eigenvalue weighted by molar-refractivity contribution is 0.0949. The zero-order valence-electron chi connectivity index (χ0n) is 15.9. The van der Waals surface area contributed by atoms with Gasteiger partial charge in [0.25, 0.3) is 11.5 Å². The maximum atomic E-state index is 12.6. The molecule has 0 aliphatic carbocycles. The van der Waals surface area contributed by atoms with Gasteiger partial charge in [-0.2, -0.15) is 0 Å². The maximum Gasteiger partial charge on any atom is 0.256 e. The molecule has 0 saturated heterocycles. The van der Waals surface area contributed by atoms with Gasteiger partial charge in [0.05, 0.1) is 6.54 Å². The third-order valence-corrected chi connectivity index (χ3v) is 4.61. The lowest BCUT2D eigenvalue weighted by Gasteiger charge is -2.09. The Bertz CT molecular complexity index is 1020. The van der Waals surface area contributed by atoms with Crippen LogP contribution in [0.2, 0.25) is 0 Å². The van der Waals surface area contributed by atoms with Crippen LogP contribution in [0.3, 0.4) is 0 Å². The minimum atomic E-state index is -0.192. The Morgan fingerprint density at radius 3 is 2.85 bits per heavy atom. The average molecular weight is 364 g/mol. The molecule has 0 aliphatic rings. The van der Waals surface area contributed by atoms with Crippen LogP contribution < -0.4 is 10.9 Å². The Balaban J connectivity index is 1.79. The van der Waals surface area contributed by atoms with Gasteiger partial charge in [-0.15, -0.1) is 0 Å². The molecule has 3 aromatic rings. The van der Waals surface area contributed by atoms with Gasteiger partial charge in [-0.3, -0.25) is 9.59 Å². The van der Waals surface area contributed by atoms with Crippen LogP contribution in [0.25, 0.3) is 11.1 Å². The number of carbonyl (C=O) groups is 1. The van der Waals surface area contributed by atoms with Crippen LogP contribution in [0, 0.1) is 13.8 Å². The smallest absolute Gasteiger partial charge is 0.256 e. The number of aryl methyl sites for hydroxylation is 3. The Morgan fingerprint density at radius 2 is 2.07 bits per heavy atom. The molecule has 6 nitrogen and oxygen atoms in total. The predicted octanol–water partition coefficient (Wildman–Crippen LogP) is 3.20. The SMILES string of the molecule is CCCn1ccnc1CNC(=O)c1cccc(-c2cc(C)c(C)[nH]c2=O)c1. The number of pyridine rings is 1. The Morgan fingerprint density at radius 1 is 1.26 bits per heavy atom. The lowest BCUT2D eigenvalue weighted by atomic mass is 10.0. The van der Waals surface area contributed by atoms with Gasteiger partial charge in [-0.1, -0.05) is 19.1 Å². The fraction of sp³-hybridized carbons (Fsp3) is 0.286. The number of aromatic nitrogens is 3. The van der Waals surface area contributed by atoms with Gasteiger partial charge in [0, 0.05) is 35.8 Å². The molecule has 0 atom stereocenters. The number of hydrogen-bond donors (Lipinski definition) is 2. The number of carbonyl (C=O) groups excluding carboxylic acids is 1. The predicted molar refractivity (Wildman–Crippen MR) is 106 cm³/mol. The zero-order valence-corrected chi connectivity index (χ0v) is 15.9. The molecule has 0 radical (unpaired) electrons. The van der Waals surface area contributed by atoms with Gasteiger partial charge in [0.1, 0.15) is 5.82 Å². The Kier molecular flexibility index (Phi) is 5.54. The summed E-state index contributed by atoms with van der Waals surface area (Å²) in [4.78, 5) is 32.0. The second kappa shape index (κ2) is 8.03. The quantitative estimate of drug-likeness (QED) is 0.705. The summed E-state index contributed by atoms with van der Waals surface area (Å²) in [5, 5.41) is 2.91. The first-order chi connectivity index (χ1) is 13.0. The van der Waals surface area contributed by atoms with Gasteiger partial charge >= 0.3 is 0 Å². The van der Waals surface area contributed by atoms with Crippen molar-refractivity contribution in [3.63, 3.8) is 0 Å². The van der Waals surface area contributed by atoms with Gasteiger partial charge < -0.3 is 14.9 Å². The molecule has 1 amide bonds. The summed E-state index contributed by atoms with van der Waals surface area (Å²) < 4.78 is 2.03. The first kappa shape index (κ1) is 18.6. The fourth-order valence-electron chi connectivity index (χ4n) is 2.98. The number of H-pyrrole nitrogens is 1. The van der Waals surface area contributed by atoms with Crippen molar-refractivity contribution >= 4 is 5.91 Å². The number of rotatable bonds is 6. The molecule has 0 saturated carbocycles. The second-order valence-corrected chi connectivity index (χ2v) is 6.62. The number of imidazole rings is 1. The molecule has 3 rings (SSSR count). The molecule has 27 heavy (non-hydrogen) atoms. The van der Waals surface area contributed by atoms with Gasteiger partial charge in [0.15, 0.2) is 0 Å². The van der Waals surface area contributed by atoms with E-state index >= 15 is 0 Å². The van der Waals surface area contributed by atoms with Crippen molar-refractivity contribution < 1.29 is 4.79 Å². The molecule has 0 bridgehead atoms. The van der Waals surface area contributed by atoms with E-state index in [2.05, 4.69) is 22.2 Å². The third-order valence-electron chi connectivity index (χ3n) is 4.61. The molecule has 140 valence electrons. The molecule has 2 heterocycles. The van der Waals surface area contributed by atoms with E-state index in [-0.39, 0.29) is 11.5 Å². The highest BCUT2D eigenvalue weighted by Crippen LogP contribution is 2.19. The van der Waals surface area contributed by atoms with E-state index in [1.165, 1.54) is 0 Å². The Labute approximate surface area is 158 Å². The number of aromatic amines is 1. The fourth-order valence-corrected chi connectivity index (χ4v) is 2.98. The minimum Gasteiger partial charge on any atom is -0.345 e. The molecule has 2 aromatic heterocycles. The number of amides is 1. The largest absolute Gasteiger partial charge is 0.345 e. The van der Waals surface area contributed by atoms with Crippen molar-refractivity contribution in [2.24, 2.45) is 0 Å². The van der Waals surface area contributed by atoms with E-state index < -0.39 is 0 Å². The zero-order chi connectivity index (χ0) is 19.4. The first-order valence-electron chi connectivity index (χ1n) is 9.08. The molecule has 0 spiro atoms. The highest BCUT2D eigenvalue weighted by atomic mass is 16.1. The summed E-state index contributed by atoms with van der Waals surface area (Å²) >= 11 is 0. The van der Waals surface area contributed by atoms with Crippen molar-refractivity contribution in [3.8, 4) is 11.1 Å². The van der Waals surface area contributed by atoms with Crippen LogP contribution in [0.15, 0.2) is 47.5 Å². The van der Waals surface area contributed by atoms with E-state index in [1.807, 2.05) is 36.7 Å². The summed E-state index contributed by atoms with van der Waals surface area (Å²) in [6.45, 7) is 7.15. The summed E-state index contributed by atoms with van der Waals surface area (Å²) in [5.74, 6) is 0.634. The Hall–Kier alpha value is -3.15. The molecule has 0 aliphatic heterocycles. The van der Waals surface area contributed by atoms with Gasteiger partial charge in [0.2, 0.25) is 0 Å². The molecule has 0 unspecified atom stereocenters. The monoisotopic (exact) mass is 364 g/mol. The molecular formula is C21H24N4O2. The topological polar surface area (TPSA) is 79.8 Å². The van der Waals surface area contributed by atoms with E-state index in [9.17, 15) is 9.59 Å². The molecule has 0 fully saturated rings. The van der Waals surface area contributed by atoms with Crippen LogP contribution >= 0.6 is 0 Å². The van der Waals surface area contributed by atoms with Crippen molar-refractivity contribution in [1.29, 1.82) is 0 Å². The average Bonchev–Trinajstić information content (AvgIpc) is 3.10.